The van der Waals surface area contributed by atoms with E-state index < -0.39 is 5.82 Å². The number of rotatable bonds is 4. The zero-order valence-corrected chi connectivity index (χ0v) is 11.0. The van der Waals surface area contributed by atoms with Crippen LogP contribution >= 0.6 is 11.6 Å². The average Bonchev–Trinajstić information content (AvgIpc) is 2.40. The molecule has 18 heavy (non-hydrogen) atoms. The zero-order chi connectivity index (χ0) is 13.0. The van der Waals surface area contributed by atoms with Crippen molar-refractivity contribution < 1.29 is 8.78 Å². The summed E-state index contributed by atoms with van der Waals surface area (Å²) in [7, 11) is 0. The third-order valence-corrected chi connectivity index (χ3v) is 4.07. The minimum atomic E-state index is -0.397. The van der Waals surface area contributed by atoms with E-state index in [1.54, 1.807) is 0 Å². The summed E-state index contributed by atoms with van der Waals surface area (Å²) in [5.74, 6) is 0.313. The van der Waals surface area contributed by atoms with Crippen LogP contribution in [0.2, 0.25) is 0 Å². The van der Waals surface area contributed by atoms with Gasteiger partial charge in [0.2, 0.25) is 0 Å². The van der Waals surface area contributed by atoms with Gasteiger partial charge in [0.05, 0.1) is 0 Å². The van der Waals surface area contributed by atoms with E-state index >= 15 is 0 Å². The molecule has 1 saturated carbocycles. The molecule has 0 saturated heterocycles. The van der Waals surface area contributed by atoms with E-state index in [1.165, 1.54) is 25.0 Å². The van der Waals surface area contributed by atoms with Gasteiger partial charge in [-0.25, -0.2) is 8.78 Å². The summed E-state index contributed by atoms with van der Waals surface area (Å²) in [4.78, 5) is 0. The Balaban J connectivity index is 1.95. The minimum Gasteiger partial charge on any atom is -0.309 e. The zero-order valence-electron chi connectivity index (χ0n) is 10.3. The molecular formula is C14H18ClF2N. The van der Waals surface area contributed by atoms with Crippen molar-refractivity contribution in [3.05, 3.63) is 35.4 Å². The van der Waals surface area contributed by atoms with Gasteiger partial charge < -0.3 is 5.32 Å². The molecule has 0 heterocycles. The molecule has 2 rings (SSSR count). The van der Waals surface area contributed by atoms with Crippen molar-refractivity contribution in [3.8, 4) is 0 Å². The first-order valence-electron chi connectivity index (χ1n) is 6.44. The molecule has 1 aromatic carbocycles. The van der Waals surface area contributed by atoms with Crippen molar-refractivity contribution in [1.82, 2.24) is 5.32 Å². The van der Waals surface area contributed by atoms with E-state index in [1.807, 2.05) is 0 Å². The molecular weight excluding hydrogens is 256 g/mol. The molecule has 1 N–H and O–H groups in total. The van der Waals surface area contributed by atoms with Crippen LogP contribution in [0, 0.1) is 17.6 Å². The molecule has 0 aromatic heterocycles. The Morgan fingerprint density at radius 3 is 2.78 bits per heavy atom. The third-order valence-electron chi connectivity index (χ3n) is 3.67. The molecule has 4 heteroatoms. The van der Waals surface area contributed by atoms with E-state index in [0.29, 0.717) is 29.9 Å². The first-order valence-corrected chi connectivity index (χ1v) is 6.97. The lowest BCUT2D eigenvalue weighted by atomic mass is 9.85. The minimum absolute atomic E-state index is 0.318. The van der Waals surface area contributed by atoms with Crippen LogP contribution in [0.15, 0.2) is 18.2 Å². The maximum absolute atomic E-state index is 13.5. The van der Waals surface area contributed by atoms with Gasteiger partial charge in [0.25, 0.3) is 0 Å². The van der Waals surface area contributed by atoms with Crippen molar-refractivity contribution in [2.24, 2.45) is 5.92 Å². The van der Waals surface area contributed by atoms with Crippen molar-refractivity contribution in [2.45, 2.75) is 38.3 Å². The Morgan fingerprint density at radius 1 is 1.22 bits per heavy atom. The van der Waals surface area contributed by atoms with Gasteiger partial charge in [-0.05, 0) is 37.0 Å². The van der Waals surface area contributed by atoms with Crippen LogP contribution in [-0.4, -0.2) is 11.9 Å². The Kier molecular flexibility index (Phi) is 4.95. The Morgan fingerprint density at radius 2 is 2.00 bits per heavy atom. The quantitative estimate of drug-likeness (QED) is 0.822. The van der Waals surface area contributed by atoms with Gasteiger partial charge >= 0.3 is 0 Å². The maximum atomic E-state index is 13.5. The highest BCUT2D eigenvalue weighted by Crippen LogP contribution is 2.25. The summed E-state index contributed by atoms with van der Waals surface area (Å²) in [5, 5.41) is 3.32. The van der Waals surface area contributed by atoms with E-state index in [4.69, 9.17) is 11.6 Å². The smallest absolute Gasteiger partial charge is 0.127 e. The fraction of sp³-hybridized carbons (Fsp3) is 0.571. The summed E-state index contributed by atoms with van der Waals surface area (Å²) in [6.07, 6.45) is 4.57. The lowest BCUT2D eigenvalue weighted by molar-refractivity contribution is 0.281. The van der Waals surface area contributed by atoms with E-state index in [2.05, 4.69) is 5.32 Å². The lowest BCUT2D eigenvalue weighted by Crippen LogP contribution is -2.39. The molecule has 2 atom stereocenters. The molecule has 1 aliphatic rings. The van der Waals surface area contributed by atoms with Gasteiger partial charge in [-0.15, -0.1) is 11.6 Å². The molecule has 1 nitrogen and oxygen atoms in total. The molecule has 1 aliphatic carbocycles. The summed E-state index contributed by atoms with van der Waals surface area (Å²) in [6, 6.07) is 3.88. The second-order valence-electron chi connectivity index (χ2n) is 4.92. The molecule has 1 fully saturated rings. The summed E-state index contributed by atoms with van der Waals surface area (Å²) in [6.45, 7) is 0.363. The van der Waals surface area contributed by atoms with Crippen LogP contribution in [-0.2, 0) is 6.54 Å². The molecule has 0 aliphatic heterocycles. The summed E-state index contributed by atoms with van der Waals surface area (Å²) in [5.41, 5.74) is 0.383. The Hall–Kier alpha value is -0.670. The number of hydrogen-bond acceptors (Lipinski definition) is 1. The first-order chi connectivity index (χ1) is 8.70. The second kappa shape index (κ2) is 6.48. The van der Waals surface area contributed by atoms with Crippen LogP contribution in [0.4, 0.5) is 8.78 Å². The fourth-order valence-electron chi connectivity index (χ4n) is 2.58. The standard InChI is InChI=1S/C14H18ClF2N/c15-8-10-3-1-2-4-14(10)18-9-11-7-12(16)5-6-13(11)17/h5-7,10,14,18H,1-4,8-9H2. The van der Waals surface area contributed by atoms with Crippen molar-refractivity contribution in [1.29, 1.82) is 0 Å². The van der Waals surface area contributed by atoms with Gasteiger partial charge in [-0.3, -0.25) is 0 Å². The number of halogens is 3. The van der Waals surface area contributed by atoms with Gasteiger partial charge in [0.15, 0.2) is 0 Å². The molecule has 100 valence electrons. The van der Waals surface area contributed by atoms with Crippen molar-refractivity contribution in [3.63, 3.8) is 0 Å². The fourth-order valence-corrected chi connectivity index (χ4v) is 2.95. The Labute approximate surface area is 112 Å². The average molecular weight is 274 g/mol. The molecule has 0 spiro atoms. The predicted octanol–water partition coefficient (Wildman–Crippen LogP) is 3.85. The maximum Gasteiger partial charge on any atom is 0.127 e. The molecule has 1 aromatic rings. The third kappa shape index (κ3) is 3.42. The van der Waals surface area contributed by atoms with Crippen molar-refractivity contribution in [2.75, 3.05) is 5.88 Å². The highest BCUT2D eigenvalue weighted by atomic mass is 35.5. The van der Waals surface area contributed by atoms with Crippen LogP contribution in [0.3, 0.4) is 0 Å². The van der Waals surface area contributed by atoms with Crippen LogP contribution < -0.4 is 5.32 Å². The number of nitrogens with one attached hydrogen (secondary N) is 1. The molecule has 0 bridgehead atoms. The first kappa shape index (κ1) is 13.8. The molecule has 0 amide bonds. The Bertz CT molecular complexity index is 397. The van der Waals surface area contributed by atoms with E-state index in [-0.39, 0.29) is 5.82 Å². The second-order valence-corrected chi connectivity index (χ2v) is 5.23. The van der Waals surface area contributed by atoms with Crippen LogP contribution in [0.1, 0.15) is 31.2 Å². The highest BCUT2D eigenvalue weighted by Gasteiger charge is 2.23. The molecule has 2 unspecified atom stereocenters. The van der Waals surface area contributed by atoms with Crippen molar-refractivity contribution >= 4 is 11.6 Å². The number of hydrogen-bond donors (Lipinski definition) is 1. The summed E-state index contributed by atoms with van der Waals surface area (Å²) < 4.78 is 26.5. The van der Waals surface area contributed by atoms with E-state index in [0.717, 1.165) is 18.9 Å². The normalized spacial score (nSPS) is 24.2. The monoisotopic (exact) mass is 273 g/mol. The highest BCUT2D eigenvalue weighted by molar-refractivity contribution is 6.18. The predicted molar refractivity (Wildman–Crippen MR) is 69.7 cm³/mol. The van der Waals surface area contributed by atoms with Gasteiger partial charge in [-0.1, -0.05) is 12.8 Å². The SMILES string of the molecule is Fc1ccc(F)c(CNC2CCCCC2CCl)c1. The van der Waals surface area contributed by atoms with Gasteiger partial charge in [0.1, 0.15) is 11.6 Å². The van der Waals surface area contributed by atoms with Gasteiger partial charge in [-0.2, -0.15) is 0 Å². The topological polar surface area (TPSA) is 12.0 Å². The summed E-state index contributed by atoms with van der Waals surface area (Å²) >= 11 is 5.94. The lowest BCUT2D eigenvalue weighted by Gasteiger charge is -2.31. The van der Waals surface area contributed by atoms with Gasteiger partial charge in [0, 0.05) is 24.0 Å². The largest absolute Gasteiger partial charge is 0.309 e. The number of alkyl halides is 1. The van der Waals surface area contributed by atoms with Crippen LogP contribution in [0.25, 0.3) is 0 Å². The van der Waals surface area contributed by atoms with Crippen LogP contribution in [0.5, 0.6) is 0 Å². The van der Waals surface area contributed by atoms with E-state index in [9.17, 15) is 8.78 Å². The molecule has 0 radical (unpaired) electrons. The number of benzene rings is 1.